The van der Waals surface area contributed by atoms with Gasteiger partial charge in [0.15, 0.2) is 5.76 Å². The first kappa shape index (κ1) is 13.1. The number of ether oxygens (including phenoxy) is 1. The Bertz CT molecular complexity index is 439. The van der Waals surface area contributed by atoms with E-state index in [1.807, 2.05) is 20.8 Å². The Labute approximate surface area is 107 Å². The van der Waals surface area contributed by atoms with Crippen LogP contribution in [0.5, 0.6) is 0 Å². The Morgan fingerprint density at radius 3 is 2.83 bits per heavy atom. The predicted octanol–water partition coefficient (Wildman–Crippen LogP) is 1.38. The lowest BCUT2D eigenvalue weighted by Crippen LogP contribution is -2.53. The molecule has 1 fully saturated rings. The second-order valence-electron chi connectivity index (χ2n) is 5.34. The molecule has 1 amide bonds. The molecule has 100 valence electrons. The van der Waals surface area contributed by atoms with Crippen LogP contribution < -0.4 is 5.73 Å². The molecular weight excluding hydrogens is 232 g/mol. The van der Waals surface area contributed by atoms with Gasteiger partial charge in [-0.15, -0.1) is 0 Å². The molecule has 1 aliphatic heterocycles. The van der Waals surface area contributed by atoms with Gasteiger partial charge in [-0.25, -0.2) is 0 Å². The first-order valence-electron chi connectivity index (χ1n) is 6.17. The Morgan fingerprint density at radius 1 is 1.56 bits per heavy atom. The summed E-state index contributed by atoms with van der Waals surface area (Å²) in [6.07, 6.45) is 0.0293. The van der Waals surface area contributed by atoms with E-state index in [-0.39, 0.29) is 17.6 Å². The van der Waals surface area contributed by atoms with Gasteiger partial charge in [-0.05, 0) is 32.9 Å². The number of nitrogens with zero attached hydrogens (tertiary/aromatic N) is 1. The number of furan rings is 1. The standard InChI is InChI=1S/C13H20N2O3/c1-9-7-15(8-13(2,3)18-9)12(16)11-5-4-10(6-14)17-11/h4-5,9H,6-8,14H2,1-3H3/t9-/m0/s1. The molecule has 2 heterocycles. The molecule has 0 unspecified atom stereocenters. The Morgan fingerprint density at radius 2 is 2.28 bits per heavy atom. The molecule has 0 saturated carbocycles. The fourth-order valence-corrected chi connectivity index (χ4v) is 2.37. The fourth-order valence-electron chi connectivity index (χ4n) is 2.37. The molecule has 1 saturated heterocycles. The van der Waals surface area contributed by atoms with Crippen molar-refractivity contribution in [2.24, 2.45) is 5.73 Å². The Balaban J connectivity index is 2.13. The van der Waals surface area contributed by atoms with Gasteiger partial charge in [0.1, 0.15) is 5.76 Å². The summed E-state index contributed by atoms with van der Waals surface area (Å²) in [4.78, 5) is 14.1. The van der Waals surface area contributed by atoms with Gasteiger partial charge in [0, 0.05) is 13.1 Å². The number of carbonyl (C=O) groups is 1. The van der Waals surface area contributed by atoms with Crippen LogP contribution in [0.3, 0.4) is 0 Å². The van der Waals surface area contributed by atoms with Crippen molar-refractivity contribution in [3.8, 4) is 0 Å². The third-order valence-electron chi connectivity index (χ3n) is 2.93. The number of rotatable bonds is 2. The van der Waals surface area contributed by atoms with Gasteiger partial charge in [-0.2, -0.15) is 0 Å². The van der Waals surface area contributed by atoms with Gasteiger partial charge in [0.05, 0.1) is 18.2 Å². The average molecular weight is 252 g/mol. The molecule has 1 aromatic heterocycles. The molecule has 0 bridgehead atoms. The minimum atomic E-state index is -0.323. The van der Waals surface area contributed by atoms with E-state index in [2.05, 4.69) is 0 Å². The van der Waals surface area contributed by atoms with Gasteiger partial charge < -0.3 is 19.8 Å². The maximum absolute atomic E-state index is 12.3. The summed E-state index contributed by atoms with van der Waals surface area (Å²) in [6, 6.07) is 3.42. The molecule has 18 heavy (non-hydrogen) atoms. The molecule has 2 N–H and O–H groups in total. The van der Waals surface area contributed by atoms with Crippen molar-refractivity contribution in [2.75, 3.05) is 13.1 Å². The number of morpholine rings is 1. The summed E-state index contributed by atoms with van der Waals surface area (Å²) < 4.78 is 11.2. The quantitative estimate of drug-likeness (QED) is 0.863. The van der Waals surface area contributed by atoms with Crippen molar-refractivity contribution in [3.05, 3.63) is 23.7 Å². The molecular formula is C13H20N2O3. The Hall–Kier alpha value is -1.33. The van der Waals surface area contributed by atoms with Crippen molar-refractivity contribution >= 4 is 5.91 Å². The maximum atomic E-state index is 12.3. The van der Waals surface area contributed by atoms with Crippen LogP contribution in [0.4, 0.5) is 0 Å². The molecule has 0 radical (unpaired) electrons. The topological polar surface area (TPSA) is 68.7 Å². The van der Waals surface area contributed by atoms with E-state index in [1.54, 1.807) is 17.0 Å². The number of amides is 1. The van der Waals surface area contributed by atoms with Crippen LogP contribution in [0.1, 0.15) is 37.1 Å². The lowest BCUT2D eigenvalue weighted by molar-refractivity contribution is -0.119. The van der Waals surface area contributed by atoms with Crippen LogP contribution in [-0.4, -0.2) is 35.6 Å². The van der Waals surface area contributed by atoms with Gasteiger partial charge >= 0.3 is 0 Å². The van der Waals surface area contributed by atoms with Crippen LogP contribution >= 0.6 is 0 Å². The highest BCUT2D eigenvalue weighted by atomic mass is 16.5. The van der Waals surface area contributed by atoms with E-state index in [9.17, 15) is 4.79 Å². The van der Waals surface area contributed by atoms with Crippen molar-refractivity contribution in [1.29, 1.82) is 0 Å². The highest BCUT2D eigenvalue weighted by Gasteiger charge is 2.34. The van der Waals surface area contributed by atoms with E-state index in [1.165, 1.54) is 0 Å². The van der Waals surface area contributed by atoms with Crippen molar-refractivity contribution < 1.29 is 13.9 Å². The summed E-state index contributed by atoms with van der Waals surface area (Å²) in [5.74, 6) is 0.872. The molecule has 0 spiro atoms. The van der Waals surface area contributed by atoms with Crippen molar-refractivity contribution in [3.63, 3.8) is 0 Å². The Kier molecular flexibility index (Phi) is 3.45. The summed E-state index contributed by atoms with van der Waals surface area (Å²) >= 11 is 0. The zero-order chi connectivity index (χ0) is 13.3. The minimum Gasteiger partial charge on any atom is -0.455 e. The fraction of sp³-hybridized carbons (Fsp3) is 0.615. The highest BCUT2D eigenvalue weighted by Crippen LogP contribution is 2.22. The van der Waals surface area contributed by atoms with Crippen LogP contribution in [0.25, 0.3) is 0 Å². The summed E-state index contributed by atoms with van der Waals surface area (Å²) in [5, 5.41) is 0. The molecule has 0 aromatic carbocycles. The monoisotopic (exact) mass is 252 g/mol. The zero-order valence-electron chi connectivity index (χ0n) is 11.1. The highest BCUT2D eigenvalue weighted by molar-refractivity contribution is 5.91. The van der Waals surface area contributed by atoms with Crippen LogP contribution in [0, 0.1) is 0 Å². The van der Waals surface area contributed by atoms with Crippen LogP contribution in [0.2, 0.25) is 0 Å². The molecule has 1 aromatic rings. The molecule has 5 nitrogen and oxygen atoms in total. The third kappa shape index (κ3) is 2.73. The summed E-state index contributed by atoms with van der Waals surface area (Å²) in [5.41, 5.74) is 5.15. The van der Waals surface area contributed by atoms with E-state index in [4.69, 9.17) is 14.9 Å². The van der Waals surface area contributed by atoms with E-state index in [0.29, 0.717) is 31.2 Å². The normalized spacial score (nSPS) is 23.1. The first-order valence-corrected chi connectivity index (χ1v) is 6.17. The predicted molar refractivity (Wildman–Crippen MR) is 67.1 cm³/mol. The van der Waals surface area contributed by atoms with Gasteiger partial charge in [-0.1, -0.05) is 0 Å². The van der Waals surface area contributed by atoms with E-state index < -0.39 is 0 Å². The summed E-state index contributed by atoms with van der Waals surface area (Å²) in [6.45, 7) is 7.38. The van der Waals surface area contributed by atoms with Crippen molar-refractivity contribution in [1.82, 2.24) is 4.90 Å². The number of carbonyl (C=O) groups excluding carboxylic acids is 1. The smallest absolute Gasteiger partial charge is 0.289 e. The van der Waals surface area contributed by atoms with Crippen LogP contribution in [0.15, 0.2) is 16.5 Å². The molecule has 2 rings (SSSR count). The second-order valence-corrected chi connectivity index (χ2v) is 5.34. The third-order valence-corrected chi connectivity index (χ3v) is 2.93. The van der Waals surface area contributed by atoms with Gasteiger partial charge in [-0.3, -0.25) is 4.79 Å². The van der Waals surface area contributed by atoms with E-state index in [0.717, 1.165) is 0 Å². The summed E-state index contributed by atoms with van der Waals surface area (Å²) in [7, 11) is 0. The number of hydrogen-bond acceptors (Lipinski definition) is 4. The first-order chi connectivity index (χ1) is 8.41. The SMILES string of the molecule is C[C@H]1CN(C(=O)c2ccc(CN)o2)CC(C)(C)O1. The zero-order valence-corrected chi connectivity index (χ0v) is 11.1. The number of nitrogens with two attached hydrogens (primary N) is 1. The minimum absolute atomic E-state index is 0.0293. The lowest BCUT2D eigenvalue weighted by Gasteiger charge is -2.41. The largest absolute Gasteiger partial charge is 0.455 e. The lowest BCUT2D eigenvalue weighted by atomic mass is 10.1. The van der Waals surface area contributed by atoms with E-state index >= 15 is 0 Å². The molecule has 1 aliphatic rings. The van der Waals surface area contributed by atoms with Crippen molar-refractivity contribution in [2.45, 2.75) is 39.0 Å². The number of hydrogen-bond donors (Lipinski definition) is 1. The maximum Gasteiger partial charge on any atom is 0.289 e. The van der Waals surface area contributed by atoms with Crippen LogP contribution in [-0.2, 0) is 11.3 Å². The van der Waals surface area contributed by atoms with Gasteiger partial charge in [0.2, 0.25) is 0 Å². The molecule has 5 heteroatoms. The average Bonchev–Trinajstić information content (AvgIpc) is 2.73. The molecule has 1 atom stereocenters. The second kappa shape index (κ2) is 4.74. The van der Waals surface area contributed by atoms with Gasteiger partial charge in [0.25, 0.3) is 5.91 Å². The molecule has 0 aliphatic carbocycles.